The van der Waals surface area contributed by atoms with Crippen molar-refractivity contribution in [3.05, 3.63) is 30.2 Å². The van der Waals surface area contributed by atoms with Crippen molar-refractivity contribution in [2.24, 2.45) is 0 Å². The highest BCUT2D eigenvalue weighted by Crippen LogP contribution is 1.98. The maximum absolute atomic E-state index is 8.49. The molecule has 0 atom stereocenters. The fourth-order valence-electron chi connectivity index (χ4n) is 0.875. The quantitative estimate of drug-likeness (QED) is 0.610. The van der Waals surface area contributed by atoms with Gasteiger partial charge in [0.2, 0.25) is 0 Å². The number of rotatable bonds is 0. The molecule has 0 aliphatic carbocycles. The highest BCUT2D eigenvalue weighted by molar-refractivity contribution is 5.38. The molecule has 0 fully saturated rings. The molecule has 0 N–H and O–H groups in total. The van der Waals surface area contributed by atoms with Gasteiger partial charge in [0.15, 0.2) is 5.65 Å². The third-order valence-electron chi connectivity index (χ3n) is 1.37. The SMILES string of the molecule is CC.N#Cc1ccn2nccc2n1. The first-order valence-corrected chi connectivity index (χ1v) is 4.10. The van der Waals surface area contributed by atoms with Crippen molar-refractivity contribution in [2.75, 3.05) is 0 Å². The van der Waals surface area contributed by atoms with Crippen LogP contribution in [0.3, 0.4) is 0 Å². The first kappa shape index (κ1) is 9.20. The second kappa shape index (κ2) is 4.21. The van der Waals surface area contributed by atoms with Crippen LogP contribution in [0.4, 0.5) is 0 Å². The van der Waals surface area contributed by atoms with E-state index < -0.39 is 0 Å². The molecule has 0 spiro atoms. The molecule has 0 saturated heterocycles. The van der Waals surface area contributed by atoms with Gasteiger partial charge in [-0.05, 0) is 6.07 Å². The molecule has 13 heavy (non-hydrogen) atoms. The molecule has 4 nitrogen and oxygen atoms in total. The van der Waals surface area contributed by atoms with E-state index in [0.29, 0.717) is 11.3 Å². The Bertz CT molecular complexity index is 424. The minimum atomic E-state index is 0.415. The Labute approximate surface area is 76.5 Å². The lowest BCUT2D eigenvalue weighted by Crippen LogP contribution is -1.90. The number of aromatic nitrogens is 3. The summed E-state index contributed by atoms with van der Waals surface area (Å²) in [6, 6.07) is 5.33. The van der Waals surface area contributed by atoms with Crippen molar-refractivity contribution < 1.29 is 0 Å². The number of nitrogens with zero attached hydrogens (tertiary/aromatic N) is 4. The Morgan fingerprint density at radius 2 is 2.15 bits per heavy atom. The van der Waals surface area contributed by atoms with Crippen molar-refractivity contribution in [3.8, 4) is 6.07 Å². The first-order valence-electron chi connectivity index (χ1n) is 4.10. The van der Waals surface area contributed by atoms with Crippen LogP contribution in [0, 0.1) is 11.3 Å². The van der Waals surface area contributed by atoms with Crippen LogP contribution in [0.5, 0.6) is 0 Å². The molecule has 2 aromatic heterocycles. The second-order valence-corrected chi connectivity index (χ2v) is 2.06. The van der Waals surface area contributed by atoms with Gasteiger partial charge in [-0.1, -0.05) is 13.8 Å². The Morgan fingerprint density at radius 1 is 1.38 bits per heavy atom. The van der Waals surface area contributed by atoms with E-state index >= 15 is 0 Å². The summed E-state index contributed by atoms with van der Waals surface area (Å²) in [6.45, 7) is 4.00. The highest BCUT2D eigenvalue weighted by Gasteiger charge is 1.94. The zero-order chi connectivity index (χ0) is 9.68. The van der Waals surface area contributed by atoms with Crippen LogP contribution in [-0.4, -0.2) is 14.6 Å². The predicted octanol–water partition coefficient (Wildman–Crippen LogP) is 1.63. The van der Waals surface area contributed by atoms with Crippen LogP contribution >= 0.6 is 0 Å². The van der Waals surface area contributed by atoms with Crippen molar-refractivity contribution in [3.63, 3.8) is 0 Å². The molecule has 0 aliphatic heterocycles. The lowest BCUT2D eigenvalue weighted by molar-refractivity contribution is 0.935. The monoisotopic (exact) mass is 174 g/mol. The summed E-state index contributed by atoms with van der Waals surface area (Å²) in [4.78, 5) is 3.99. The highest BCUT2D eigenvalue weighted by atomic mass is 15.2. The van der Waals surface area contributed by atoms with E-state index in [-0.39, 0.29) is 0 Å². The molecule has 0 bridgehead atoms. The zero-order valence-corrected chi connectivity index (χ0v) is 7.60. The summed E-state index contributed by atoms with van der Waals surface area (Å²) in [5.74, 6) is 0. The van der Waals surface area contributed by atoms with Gasteiger partial charge >= 0.3 is 0 Å². The predicted molar refractivity (Wildman–Crippen MR) is 49.1 cm³/mol. The molecular weight excluding hydrogens is 164 g/mol. The van der Waals surface area contributed by atoms with Gasteiger partial charge < -0.3 is 0 Å². The minimum Gasteiger partial charge on any atom is -0.223 e. The molecule has 0 unspecified atom stereocenters. The molecule has 0 aromatic carbocycles. The van der Waals surface area contributed by atoms with Crippen molar-refractivity contribution in [2.45, 2.75) is 13.8 Å². The fourth-order valence-corrected chi connectivity index (χ4v) is 0.875. The Hall–Kier alpha value is -1.89. The van der Waals surface area contributed by atoms with E-state index in [0.717, 1.165) is 0 Å². The van der Waals surface area contributed by atoms with E-state index in [1.165, 1.54) is 0 Å². The van der Waals surface area contributed by atoms with E-state index in [9.17, 15) is 0 Å². The maximum atomic E-state index is 8.49. The lowest BCUT2D eigenvalue weighted by atomic mass is 10.4. The molecule has 2 aromatic rings. The smallest absolute Gasteiger partial charge is 0.156 e. The normalized spacial score (nSPS) is 8.69. The first-order chi connectivity index (χ1) is 6.40. The van der Waals surface area contributed by atoms with Crippen LogP contribution in [-0.2, 0) is 0 Å². The second-order valence-electron chi connectivity index (χ2n) is 2.06. The van der Waals surface area contributed by atoms with E-state index in [2.05, 4.69) is 10.1 Å². The summed E-state index contributed by atoms with van der Waals surface area (Å²) < 4.78 is 1.61. The molecule has 66 valence electrons. The number of hydrogen-bond acceptors (Lipinski definition) is 3. The summed E-state index contributed by atoms with van der Waals surface area (Å²) in [6.07, 6.45) is 3.35. The Kier molecular flexibility index (Phi) is 2.98. The molecule has 4 heteroatoms. The zero-order valence-electron chi connectivity index (χ0n) is 7.60. The number of nitriles is 1. The van der Waals surface area contributed by atoms with Gasteiger partial charge in [0.1, 0.15) is 11.8 Å². The van der Waals surface area contributed by atoms with Crippen LogP contribution in [0.1, 0.15) is 19.5 Å². The van der Waals surface area contributed by atoms with Gasteiger partial charge in [-0.2, -0.15) is 10.4 Å². The summed E-state index contributed by atoms with van der Waals surface area (Å²) in [5.41, 5.74) is 1.11. The molecule has 2 heterocycles. The van der Waals surface area contributed by atoms with Gasteiger partial charge in [-0.3, -0.25) is 0 Å². The van der Waals surface area contributed by atoms with E-state index in [4.69, 9.17) is 5.26 Å². The Balaban J connectivity index is 0.000000396. The number of hydrogen-bond donors (Lipinski definition) is 0. The fraction of sp³-hybridized carbons (Fsp3) is 0.222. The van der Waals surface area contributed by atoms with Crippen molar-refractivity contribution in [1.29, 1.82) is 5.26 Å². The van der Waals surface area contributed by atoms with Crippen LogP contribution in [0.15, 0.2) is 24.5 Å². The molecule has 0 radical (unpaired) electrons. The number of fused-ring (bicyclic) bond motifs is 1. The van der Waals surface area contributed by atoms with Gasteiger partial charge in [-0.15, -0.1) is 0 Å². The van der Waals surface area contributed by atoms with Gasteiger partial charge in [0.05, 0.1) is 6.20 Å². The lowest BCUT2D eigenvalue weighted by Gasteiger charge is -1.89. The van der Waals surface area contributed by atoms with Crippen molar-refractivity contribution in [1.82, 2.24) is 14.6 Å². The third kappa shape index (κ3) is 1.82. The minimum absolute atomic E-state index is 0.415. The molecule has 0 saturated carbocycles. The van der Waals surface area contributed by atoms with Crippen molar-refractivity contribution >= 4 is 5.65 Å². The third-order valence-corrected chi connectivity index (χ3v) is 1.37. The average molecular weight is 174 g/mol. The van der Waals surface area contributed by atoms with E-state index in [1.54, 1.807) is 29.0 Å². The molecule has 2 rings (SSSR count). The standard InChI is InChI=1S/C7H4N4.C2H6/c8-5-6-2-4-11-7(10-6)1-3-9-11;1-2/h1-4H;1-2H3. The molecular formula is C9H10N4. The summed E-state index contributed by atoms with van der Waals surface area (Å²) >= 11 is 0. The average Bonchev–Trinajstić information content (AvgIpc) is 2.67. The molecule has 0 aliphatic rings. The summed E-state index contributed by atoms with van der Waals surface area (Å²) in [5, 5.41) is 12.4. The topological polar surface area (TPSA) is 54.0 Å². The van der Waals surface area contributed by atoms with E-state index in [1.807, 2.05) is 19.9 Å². The van der Waals surface area contributed by atoms with Gasteiger partial charge in [0, 0.05) is 12.3 Å². The van der Waals surface area contributed by atoms with Gasteiger partial charge in [-0.25, -0.2) is 9.50 Å². The largest absolute Gasteiger partial charge is 0.223 e. The van der Waals surface area contributed by atoms with Crippen LogP contribution < -0.4 is 0 Å². The molecule has 0 amide bonds. The van der Waals surface area contributed by atoms with Gasteiger partial charge in [0.25, 0.3) is 0 Å². The maximum Gasteiger partial charge on any atom is 0.156 e. The Morgan fingerprint density at radius 3 is 2.85 bits per heavy atom. The van der Waals surface area contributed by atoms with Crippen LogP contribution in [0.2, 0.25) is 0 Å². The summed E-state index contributed by atoms with van der Waals surface area (Å²) in [7, 11) is 0. The van der Waals surface area contributed by atoms with Crippen LogP contribution in [0.25, 0.3) is 5.65 Å².